The van der Waals surface area contributed by atoms with Crippen molar-refractivity contribution in [2.45, 2.75) is 12.7 Å². The number of hydrogen-bond donors (Lipinski definition) is 0. The molecule has 1 heterocycles. The van der Waals surface area contributed by atoms with Gasteiger partial charge in [0.1, 0.15) is 12.5 Å². The Morgan fingerprint density at radius 3 is 2.00 bits per heavy atom. The van der Waals surface area contributed by atoms with E-state index in [-0.39, 0.29) is 6.29 Å². The van der Waals surface area contributed by atoms with Gasteiger partial charge in [0.25, 0.3) is 6.29 Å². The average molecular weight is 238 g/mol. The van der Waals surface area contributed by atoms with Gasteiger partial charge in [-0.1, -0.05) is 54.6 Å². The second kappa shape index (κ2) is 4.96. The van der Waals surface area contributed by atoms with Gasteiger partial charge >= 0.3 is 0 Å². The van der Waals surface area contributed by atoms with Gasteiger partial charge in [0, 0.05) is 5.56 Å². The third kappa shape index (κ3) is 2.38. The van der Waals surface area contributed by atoms with Crippen LogP contribution in [0.2, 0.25) is 0 Å². The molecule has 0 atom stereocenters. The van der Waals surface area contributed by atoms with Gasteiger partial charge in [0.05, 0.1) is 0 Å². The molecule has 3 rings (SSSR count). The molecular formula is C16H14O2. The molecule has 0 saturated carbocycles. The maximum Gasteiger partial charge on any atom is 0.266 e. The molecule has 0 spiro atoms. The van der Waals surface area contributed by atoms with E-state index in [1.807, 2.05) is 6.07 Å². The Bertz CT molecular complexity index is 521. The smallest absolute Gasteiger partial charge is 0.266 e. The summed E-state index contributed by atoms with van der Waals surface area (Å²) in [5.74, 6) is 0. The van der Waals surface area contributed by atoms with Gasteiger partial charge in [-0.25, -0.2) is 0 Å². The third-order valence-corrected chi connectivity index (χ3v) is 2.96. The normalized spacial score (nSPS) is 14.2. The Morgan fingerprint density at radius 1 is 0.722 bits per heavy atom. The molecule has 1 aliphatic heterocycles. The Hall–Kier alpha value is -2.22. The van der Waals surface area contributed by atoms with Crippen molar-refractivity contribution >= 4 is 0 Å². The monoisotopic (exact) mass is 238 g/mol. The molecule has 0 fully saturated rings. The van der Waals surface area contributed by atoms with E-state index in [4.69, 9.17) is 9.47 Å². The lowest BCUT2D eigenvalue weighted by molar-refractivity contribution is -0.0246. The van der Waals surface area contributed by atoms with Crippen LogP contribution in [-0.4, -0.2) is 0 Å². The van der Waals surface area contributed by atoms with Crippen LogP contribution in [-0.2, 0) is 15.9 Å². The third-order valence-electron chi connectivity index (χ3n) is 2.96. The van der Waals surface area contributed by atoms with Crippen molar-refractivity contribution in [2.24, 2.45) is 0 Å². The summed E-state index contributed by atoms with van der Waals surface area (Å²) < 4.78 is 10.6. The first kappa shape index (κ1) is 10.9. The average Bonchev–Trinajstić information content (AvgIpc) is 2.95. The van der Waals surface area contributed by atoms with Crippen LogP contribution in [0.3, 0.4) is 0 Å². The van der Waals surface area contributed by atoms with Crippen LogP contribution in [0.15, 0.2) is 67.1 Å². The van der Waals surface area contributed by atoms with E-state index in [0.717, 1.165) is 12.0 Å². The van der Waals surface area contributed by atoms with Crippen molar-refractivity contribution in [3.8, 4) is 0 Å². The second-order valence-corrected chi connectivity index (χ2v) is 4.28. The molecule has 0 saturated heterocycles. The van der Waals surface area contributed by atoms with E-state index in [0.29, 0.717) is 0 Å². The van der Waals surface area contributed by atoms with Crippen molar-refractivity contribution < 1.29 is 9.47 Å². The molecule has 2 aromatic carbocycles. The molecular weight excluding hydrogens is 224 g/mol. The Morgan fingerprint density at radius 2 is 1.33 bits per heavy atom. The maximum atomic E-state index is 5.29. The van der Waals surface area contributed by atoms with E-state index in [2.05, 4.69) is 48.5 Å². The highest BCUT2D eigenvalue weighted by Crippen LogP contribution is 2.24. The molecule has 0 N–H and O–H groups in total. The van der Waals surface area contributed by atoms with Crippen LogP contribution < -0.4 is 0 Å². The Balaban J connectivity index is 1.71. The zero-order chi connectivity index (χ0) is 12.2. The maximum absolute atomic E-state index is 5.29. The molecule has 2 heteroatoms. The summed E-state index contributed by atoms with van der Waals surface area (Å²) in [5, 5.41) is 0. The van der Waals surface area contributed by atoms with Crippen LogP contribution in [0, 0.1) is 0 Å². The number of rotatable bonds is 3. The first-order valence-corrected chi connectivity index (χ1v) is 6.00. The van der Waals surface area contributed by atoms with Crippen molar-refractivity contribution in [2.75, 3.05) is 0 Å². The summed E-state index contributed by atoms with van der Waals surface area (Å²) in [4.78, 5) is 0. The molecule has 0 aliphatic carbocycles. The number of ether oxygens (including phenoxy) is 2. The highest BCUT2D eigenvalue weighted by molar-refractivity contribution is 5.29. The predicted octanol–water partition coefficient (Wildman–Crippen LogP) is 3.79. The molecule has 2 nitrogen and oxygen atoms in total. The molecule has 0 unspecified atom stereocenters. The Kier molecular flexibility index (Phi) is 3.01. The minimum atomic E-state index is -0.282. The first-order chi connectivity index (χ1) is 8.92. The quantitative estimate of drug-likeness (QED) is 0.809. The summed E-state index contributed by atoms with van der Waals surface area (Å²) >= 11 is 0. The fourth-order valence-corrected chi connectivity index (χ4v) is 2.02. The lowest BCUT2D eigenvalue weighted by atomic mass is 10.0. The highest BCUT2D eigenvalue weighted by atomic mass is 16.7. The number of hydrogen-bond acceptors (Lipinski definition) is 2. The van der Waals surface area contributed by atoms with Gasteiger partial charge in [-0.15, -0.1) is 0 Å². The summed E-state index contributed by atoms with van der Waals surface area (Å²) in [6.07, 6.45) is 3.81. The molecule has 90 valence electrons. The zero-order valence-electron chi connectivity index (χ0n) is 9.95. The summed E-state index contributed by atoms with van der Waals surface area (Å²) in [6.45, 7) is 0. The fraction of sp³-hybridized carbons (Fsp3) is 0.125. The van der Waals surface area contributed by atoms with Gasteiger partial charge in [-0.2, -0.15) is 0 Å². The Labute approximate surface area is 106 Å². The van der Waals surface area contributed by atoms with Crippen molar-refractivity contribution in [3.05, 3.63) is 83.8 Å². The van der Waals surface area contributed by atoms with Gasteiger partial charge in [0.2, 0.25) is 0 Å². The molecule has 2 aromatic rings. The van der Waals surface area contributed by atoms with E-state index in [9.17, 15) is 0 Å². The number of benzene rings is 2. The molecule has 1 aliphatic rings. The van der Waals surface area contributed by atoms with Crippen molar-refractivity contribution in [3.63, 3.8) is 0 Å². The molecule has 0 radical (unpaired) electrons. The van der Waals surface area contributed by atoms with Crippen LogP contribution >= 0.6 is 0 Å². The fourth-order valence-electron chi connectivity index (χ4n) is 2.02. The van der Waals surface area contributed by atoms with E-state index in [1.165, 1.54) is 11.1 Å². The minimum absolute atomic E-state index is 0.282. The van der Waals surface area contributed by atoms with Crippen LogP contribution in [0.25, 0.3) is 0 Å². The van der Waals surface area contributed by atoms with Crippen molar-refractivity contribution in [1.29, 1.82) is 0 Å². The van der Waals surface area contributed by atoms with Crippen LogP contribution in [0.5, 0.6) is 0 Å². The molecule has 0 amide bonds. The van der Waals surface area contributed by atoms with Crippen LogP contribution in [0.1, 0.15) is 23.0 Å². The second-order valence-electron chi connectivity index (χ2n) is 4.28. The largest absolute Gasteiger partial charge is 0.455 e. The van der Waals surface area contributed by atoms with E-state index >= 15 is 0 Å². The SMILES string of the molecule is C1=COC(c2ccc(Cc3ccccc3)cc2)O1. The minimum Gasteiger partial charge on any atom is -0.455 e. The van der Waals surface area contributed by atoms with Crippen LogP contribution in [0.4, 0.5) is 0 Å². The van der Waals surface area contributed by atoms with E-state index in [1.54, 1.807) is 12.5 Å². The van der Waals surface area contributed by atoms with Gasteiger partial charge < -0.3 is 9.47 Å². The zero-order valence-corrected chi connectivity index (χ0v) is 9.95. The van der Waals surface area contributed by atoms with Gasteiger partial charge in [0.15, 0.2) is 0 Å². The molecule has 18 heavy (non-hydrogen) atoms. The predicted molar refractivity (Wildman–Crippen MR) is 69.7 cm³/mol. The first-order valence-electron chi connectivity index (χ1n) is 6.00. The molecule has 0 bridgehead atoms. The highest BCUT2D eigenvalue weighted by Gasteiger charge is 2.14. The standard InChI is InChI=1S/C16H14O2/c1-2-4-13(5-3-1)12-14-6-8-15(9-7-14)16-17-10-11-18-16/h1-11,16H,12H2. The summed E-state index contributed by atoms with van der Waals surface area (Å²) in [6, 6.07) is 18.8. The van der Waals surface area contributed by atoms with Crippen molar-refractivity contribution in [1.82, 2.24) is 0 Å². The van der Waals surface area contributed by atoms with Gasteiger partial charge in [-0.3, -0.25) is 0 Å². The summed E-state index contributed by atoms with van der Waals surface area (Å²) in [5.41, 5.74) is 3.65. The summed E-state index contributed by atoms with van der Waals surface area (Å²) in [7, 11) is 0. The topological polar surface area (TPSA) is 18.5 Å². The lowest BCUT2D eigenvalue weighted by Crippen LogP contribution is -1.98. The van der Waals surface area contributed by atoms with E-state index < -0.39 is 0 Å². The molecule has 0 aromatic heterocycles. The lowest BCUT2D eigenvalue weighted by Gasteiger charge is -2.11. The van der Waals surface area contributed by atoms with Gasteiger partial charge in [-0.05, 0) is 17.5 Å².